The highest BCUT2D eigenvalue weighted by Crippen LogP contribution is 2.25. The number of thiophene rings is 1. The molecule has 2 aromatic heterocycles. The van der Waals surface area contributed by atoms with Gasteiger partial charge in [0.05, 0.1) is 0 Å². The molecular weight excluding hydrogens is 370 g/mol. The van der Waals surface area contributed by atoms with E-state index in [-0.39, 0.29) is 18.0 Å². The third kappa shape index (κ3) is 4.82. The highest BCUT2D eigenvalue weighted by molar-refractivity contribution is 7.14. The van der Waals surface area contributed by atoms with Crippen molar-refractivity contribution in [3.63, 3.8) is 0 Å². The number of amides is 2. The van der Waals surface area contributed by atoms with Crippen molar-refractivity contribution in [3.05, 3.63) is 27.9 Å². The Kier molecular flexibility index (Phi) is 5.62. The Morgan fingerprint density at radius 3 is 2.62 bits per heavy atom. The first-order chi connectivity index (χ1) is 12.3. The van der Waals surface area contributed by atoms with Crippen molar-refractivity contribution in [1.82, 2.24) is 15.2 Å². The van der Waals surface area contributed by atoms with E-state index in [1.165, 1.54) is 11.3 Å². The van der Waals surface area contributed by atoms with E-state index in [2.05, 4.69) is 10.3 Å². The van der Waals surface area contributed by atoms with Crippen LogP contribution in [-0.2, 0) is 4.74 Å². The van der Waals surface area contributed by atoms with E-state index >= 15 is 0 Å². The van der Waals surface area contributed by atoms with Crippen LogP contribution in [0.1, 0.15) is 44.1 Å². The lowest BCUT2D eigenvalue weighted by molar-refractivity contribution is 0.0199. The molecular formula is C18H23N3O3S2. The summed E-state index contributed by atoms with van der Waals surface area (Å²) < 4.78 is 5.39. The van der Waals surface area contributed by atoms with E-state index < -0.39 is 5.60 Å². The minimum atomic E-state index is -0.493. The molecule has 2 amide bonds. The normalized spacial score (nSPS) is 15.7. The summed E-state index contributed by atoms with van der Waals surface area (Å²) in [4.78, 5) is 30.6. The van der Waals surface area contributed by atoms with E-state index in [4.69, 9.17) is 4.74 Å². The van der Waals surface area contributed by atoms with E-state index in [0.29, 0.717) is 31.6 Å². The second kappa shape index (κ2) is 7.75. The smallest absolute Gasteiger partial charge is 0.410 e. The van der Waals surface area contributed by atoms with Gasteiger partial charge < -0.3 is 15.0 Å². The van der Waals surface area contributed by atoms with Crippen molar-refractivity contribution in [3.8, 4) is 10.6 Å². The fraction of sp³-hybridized carbons (Fsp3) is 0.500. The number of ether oxygens (including phenoxy) is 1. The van der Waals surface area contributed by atoms with Crippen molar-refractivity contribution in [2.45, 2.75) is 45.3 Å². The van der Waals surface area contributed by atoms with Crippen LogP contribution in [0.2, 0.25) is 0 Å². The number of carbonyl (C=O) groups excluding carboxylic acids is 2. The van der Waals surface area contributed by atoms with Gasteiger partial charge in [0.2, 0.25) is 0 Å². The number of piperidine rings is 1. The molecule has 1 fully saturated rings. The Labute approximate surface area is 161 Å². The number of aromatic nitrogens is 1. The molecule has 0 bridgehead atoms. The predicted octanol–water partition coefficient (Wildman–Crippen LogP) is 4.00. The molecule has 0 spiro atoms. The van der Waals surface area contributed by atoms with Gasteiger partial charge in [-0.3, -0.25) is 4.79 Å². The van der Waals surface area contributed by atoms with Gasteiger partial charge in [0.1, 0.15) is 16.3 Å². The topological polar surface area (TPSA) is 71.5 Å². The van der Waals surface area contributed by atoms with E-state index in [0.717, 1.165) is 10.6 Å². The number of hydrogen-bond donors (Lipinski definition) is 1. The standard InChI is InChI=1S/C18H23N3O3S2/c1-18(2,3)24-17(23)21-7-4-13(5-8-21)19-15(22)14-11-26-16(20-14)12-6-9-25-10-12/h6,9-11,13H,4-5,7-8H2,1-3H3,(H,19,22). The molecule has 2 aromatic rings. The van der Waals surface area contributed by atoms with Gasteiger partial charge in [-0.2, -0.15) is 11.3 Å². The average molecular weight is 394 g/mol. The molecule has 3 rings (SSSR count). The van der Waals surface area contributed by atoms with Gasteiger partial charge in [-0.05, 0) is 45.1 Å². The quantitative estimate of drug-likeness (QED) is 0.855. The summed E-state index contributed by atoms with van der Waals surface area (Å²) in [5, 5.41) is 9.69. The molecule has 26 heavy (non-hydrogen) atoms. The number of rotatable bonds is 3. The van der Waals surface area contributed by atoms with Gasteiger partial charge in [-0.1, -0.05) is 0 Å². The highest BCUT2D eigenvalue weighted by Gasteiger charge is 2.28. The Morgan fingerprint density at radius 2 is 2.00 bits per heavy atom. The maximum absolute atomic E-state index is 12.4. The van der Waals surface area contributed by atoms with Crippen LogP contribution in [-0.4, -0.2) is 46.6 Å². The van der Waals surface area contributed by atoms with Crippen LogP contribution < -0.4 is 5.32 Å². The van der Waals surface area contributed by atoms with Gasteiger partial charge in [0, 0.05) is 35.5 Å². The molecule has 0 aliphatic carbocycles. The zero-order valence-electron chi connectivity index (χ0n) is 15.2. The van der Waals surface area contributed by atoms with Crippen molar-refractivity contribution in [1.29, 1.82) is 0 Å². The molecule has 0 unspecified atom stereocenters. The van der Waals surface area contributed by atoms with Gasteiger partial charge >= 0.3 is 6.09 Å². The number of thiazole rings is 1. The maximum Gasteiger partial charge on any atom is 0.410 e. The number of likely N-dealkylation sites (tertiary alicyclic amines) is 1. The molecule has 0 aromatic carbocycles. The predicted molar refractivity (Wildman–Crippen MR) is 104 cm³/mol. The highest BCUT2D eigenvalue weighted by atomic mass is 32.1. The molecule has 140 valence electrons. The van der Waals surface area contributed by atoms with Gasteiger partial charge in [0.15, 0.2) is 0 Å². The molecule has 0 atom stereocenters. The molecule has 3 heterocycles. The molecule has 1 aliphatic heterocycles. The van der Waals surface area contributed by atoms with Crippen LogP contribution in [0, 0.1) is 0 Å². The fourth-order valence-electron chi connectivity index (χ4n) is 2.69. The van der Waals surface area contributed by atoms with Gasteiger partial charge in [-0.25, -0.2) is 9.78 Å². The van der Waals surface area contributed by atoms with Crippen LogP contribution in [0.4, 0.5) is 4.79 Å². The lowest BCUT2D eigenvalue weighted by Crippen LogP contribution is -2.47. The minimum absolute atomic E-state index is 0.0486. The molecule has 8 heteroatoms. The van der Waals surface area contributed by atoms with Crippen LogP contribution in [0.5, 0.6) is 0 Å². The van der Waals surface area contributed by atoms with Gasteiger partial charge in [0.25, 0.3) is 5.91 Å². The molecule has 1 aliphatic rings. The zero-order valence-corrected chi connectivity index (χ0v) is 16.8. The van der Waals surface area contributed by atoms with Crippen molar-refractivity contribution in [2.75, 3.05) is 13.1 Å². The third-order valence-corrected chi connectivity index (χ3v) is 5.56. The maximum atomic E-state index is 12.4. The Hall–Kier alpha value is -1.93. The van der Waals surface area contributed by atoms with E-state index in [9.17, 15) is 9.59 Å². The Balaban J connectivity index is 1.50. The lowest BCUT2D eigenvalue weighted by atomic mass is 10.1. The molecule has 1 saturated heterocycles. The summed E-state index contributed by atoms with van der Waals surface area (Å²) >= 11 is 3.08. The fourth-order valence-corrected chi connectivity index (χ4v) is 4.20. The minimum Gasteiger partial charge on any atom is -0.444 e. The third-order valence-electron chi connectivity index (χ3n) is 3.99. The zero-order chi connectivity index (χ0) is 18.7. The Morgan fingerprint density at radius 1 is 1.27 bits per heavy atom. The second-order valence-electron chi connectivity index (χ2n) is 7.27. The number of carbonyl (C=O) groups is 2. The van der Waals surface area contributed by atoms with Crippen LogP contribution >= 0.6 is 22.7 Å². The van der Waals surface area contributed by atoms with Crippen LogP contribution in [0.15, 0.2) is 22.2 Å². The molecule has 0 saturated carbocycles. The van der Waals surface area contributed by atoms with Crippen LogP contribution in [0.25, 0.3) is 10.6 Å². The SMILES string of the molecule is CC(C)(C)OC(=O)N1CCC(NC(=O)c2csc(-c3ccsc3)n2)CC1. The monoisotopic (exact) mass is 393 g/mol. The summed E-state index contributed by atoms with van der Waals surface area (Å²) in [5.41, 5.74) is 1.00. The lowest BCUT2D eigenvalue weighted by Gasteiger charge is -2.33. The summed E-state index contributed by atoms with van der Waals surface area (Å²) in [5.74, 6) is -0.154. The van der Waals surface area contributed by atoms with E-state index in [1.54, 1.807) is 21.6 Å². The number of hydrogen-bond acceptors (Lipinski definition) is 6. The molecule has 1 N–H and O–H groups in total. The summed E-state index contributed by atoms with van der Waals surface area (Å²) in [7, 11) is 0. The number of nitrogens with zero attached hydrogens (tertiary/aromatic N) is 2. The number of nitrogens with one attached hydrogen (secondary N) is 1. The summed E-state index contributed by atoms with van der Waals surface area (Å²) in [6, 6.07) is 2.05. The summed E-state index contributed by atoms with van der Waals surface area (Å²) in [6.07, 6.45) is 1.14. The first kappa shape index (κ1) is 18.8. The first-order valence-corrected chi connectivity index (χ1v) is 10.4. The van der Waals surface area contributed by atoms with Crippen molar-refractivity contribution in [2.24, 2.45) is 0 Å². The largest absolute Gasteiger partial charge is 0.444 e. The first-order valence-electron chi connectivity index (χ1n) is 8.59. The molecule has 0 radical (unpaired) electrons. The second-order valence-corrected chi connectivity index (χ2v) is 8.90. The van der Waals surface area contributed by atoms with Crippen LogP contribution in [0.3, 0.4) is 0 Å². The van der Waals surface area contributed by atoms with Crippen molar-refractivity contribution < 1.29 is 14.3 Å². The van der Waals surface area contributed by atoms with Gasteiger partial charge in [-0.15, -0.1) is 11.3 Å². The van der Waals surface area contributed by atoms with E-state index in [1.807, 2.05) is 37.6 Å². The molecule has 6 nitrogen and oxygen atoms in total. The Bertz CT molecular complexity index is 757. The van der Waals surface area contributed by atoms with Crippen molar-refractivity contribution >= 4 is 34.7 Å². The summed E-state index contributed by atoms with van der Waals surface area (Å²) in [6.45, 7) is 6.73. The average Bonchev–Trinajstić information content (AvgIpc) is 3.25.